The van der Waals surface area contributed by atoms with Crippen LogP contribution in [0.15, 0.2) is 48.7 Å². The Labute approximate surface area is 143 Å². The normalized spacial score (nSPS) is 15.2. The van der Waals surface area contributed by atoms with E-state index in [1.54, 1.807) is 0 Å². The Bertz CT molecular complexity index is 1020. The minimum Gasteiger partial charge on any atom is -0.353 e. The highest BCUT2D eigenvalue weighted by Gasteiger charge is 2.22. The maximum absolute atomic E-state index is 4.66. The van der Waals surface area contributed by atoms with Crippen LogP contribution in [0.3, 0.4) is 0 Å². The van der Waals surface area contributed by atoms with Crippen LogP contribution < -0.4 is 9.80 Å². The van der Waals surface area contributed by atoms with Crippen LogP contribution in [0.5, 0.6) is 0 Å². The van der Waals surface area contributed by atoms with E-state index in [2.05, 4.69) is 47.5 Å². The zero-order chi connectivity index (χ0) is 16.6. The van der Waals surface area contributed by atoms with Crippen LogP contribution in [-0.2, 0) is 0 Å². The smallest absolute Gasteiger partial charge is 0.207 e. The van der Waals surface area contributed by atoms with Crippen LogP contribution in [0.2, 0.25) is 0 Å². The topological polar surface area (TPSA) is 75.3 Å². The molecule has 0 saturated carbocycles. The van der Waals surface area contributed by atoms with Gasteiger partial charge in [0, 0.05) is 43.1 Å². The largest absolute Gasteiger partial charge is 0.353 e. The molecule has 1 aliphatic rings. The van der Waals surface area contributed by atoms with Crippen molar-refractivity contribution in [3.63, 3.8) is 0 Å². The van der Waals surface area contributed by atoms with Gasteiger partial charge in [-0.05, 0) is 22.6 Å². The first kappa shape index (κ1) is 14.1. The number of benzene rings is 1. The van der Waals surface area contributed by atoms with Gasteiger partial charge in [-0.25, -0.2) is 4.98 Å². The minimum atomic E-state index is 0.687. The van der Waals surface area contributed by atoms with Gasteiger partial charge in [0.15, 0.2) is 5.82 Å². The number of anilines is 2. The van der Waals surface area contributed by atoms with Crippen LogP contribution >= 0.6 is 0 Å². The molecule has 8 heteroatoms. The standard InChI is InChI=1S/C17H16N8/c1-2-6-14-13(5-1)16-19-21-22-25(16)20-17(14)24-11-9-23(10-12-24)15-7-3-4-8-18-15/h1-8H,9-12H2. The van der Waals surface area contributed by atoms with Gasteiger partial charge in [0.05, 0.1) is 0 Å². The third-order valence-electron chi connectivity index (χ3n) is 4.60. The first-order valence-corrected chi connectivity index (χ1v) is 8.28. The molecule has 124 valence electrons. The van der Waals surface area contributed by atoms with Crippen molar-refractivity contribution in [1.29, 1.82) is 0 Å². The van der Waals surface area contributed by atoms with E-state index in [1.165, 1.54) is 4.63 Å². The molecular weight excluding hydrogens is 316 g/mol. The SMILES string of the molecule is c1ccc(N2CCN(c3nn4nnnc4c4ccccc34)CC2)nc1. The van der Waals surface area contributed by atoms with Crippen molar-refractivity contribution in [1.82, 2.24) is 30.2 Å². The molecular formula is C17H16N8. The summed E-state index contributed by atoms with van der Waals surface area (Å²) in [4.78, 5) is 9.04. The molecule has 1 fully saturated rings. The highest BCUT2D eigenvalue weighted by molar-refractivity contribution is 5.99. The van der Waals surface area contributed by atoms with Gasteiger partial charge >= 0.3 is 0 Å². The predicted molar refractivity (Wildman–Crippen MR) is 94.7 cm³/mol. The fraction of sp³-hybridized carbons (Fsp3) is 0.235. The van der Waals surface area contributed by atoms with Gasteiger partial charge in [-0.2, -0.15) is 0 Å². The summed E-state index contributed by atoms with van der Waals surface area (Å²) in [6.07, 6.45) is 1.84. The highest BCUT2D eigenvalue weighted by Crippen LogP contribution is 2.27. The average Bonchev–Trinajstić information content (AvgIpc) is 3.17. The second kappa shape index (κ2) is 5.66. The van der Waals surface area contributed by atoms with Gasteiger partial charge in [0.1, 0.15) is 5.82 Å². The molecule has 25 heavy (non-hydrogen) atoms. The van der Waals surface area contributed by atoms with Gasteiger partial charge in [0.2, 0.25) is 5.65 Å². The van der Waals surface area contributed by atoms with E-state index in [0.29, 0.717) is 5.65 Å². The van der Waals surface area contributed by atoms with Crippen LogP contribution in [0.25, 0.3) is 16.4 Å². The third kappa shape index (κ3) is 2.34. The second-order valence-electron chi connectivity index (χ2n) is 6.02. The molecule has 0 atom stereocenters. The lowest BCUT2D eigenvalue weighted by Gasteiger charge is -2.36. The first-order valence-electron chi connectivity index (χ1n) is 8.28. The maximum atomic E-state index is 4.66. The van der Waals surface area contributed by atoms with Crippen LogP contribution in [0, 0.1) is 0 Å². The number of piperazine rings is 1. The lowest BCUT2D eigenvalue weighted by Crippen LogP contribution is -2.47. The number of hydrogen-bond donors (Lipinski definition) is 0. The zero-order valence-corrected chi connectivity index (χ0v) is 13.5. The van der Waals surface area contributed by atoms with Gasteiger partial charge < -0.3 is 9.80 Å². The molecule has 0 unspecified atom stereocenters. The maximum Gasteiger partial charge on any atom is 0.207 e. The van der Waals surface area contributed by atoms with E-state index >= 15 is 0 Å². The summed E-state index contributed by atoms with van der Waals surface area (Å²) in [6.45, 7) is 3.56. The number of pyridine rings is 1. The number of tetrazole rings is 1. The molecule has 1 saturated heterocycles. The number of nitrogens with zero attached hydrogens (tertiary/aromatic N) is 8. The molecule has 0 spiro atoms. The van der Waals surface area contributed by atoms with E-state index in [9.17, 15) is 0 Å². The van der Waals surface area contributed by atoms with Crippen molar-refractivity contribution < 1.29 is 0 Å². The van der Waals surface area contributed by atoms with Crippen molar-refractivity contribution in [2.45, 2.75) is 0 Å². The number of rotatable bonds is 2. The fourth-order valence-electron chi connectivity index (χ4n) is 3.35. The van der Waals surface area contributed by atoms with Crippen LogP contribution in [0.1, 0.15) is 0 Å². The Balaban J connectivity index is 1.49. The summed E-state index contributed by atoms with van der Waals surface area (Å²) < 4.78 is 1.52. The Hall–Kier alpha value is -3.29. The van der Waals surface area contributed by atoms with Crippen LogP contribution in [0.4, 0.5) is 11.6 Å². The molecule has 3 aromatic heterocycles. The van der Waals surface area contributed by atoms with E-state index in [-0.39, 0.29) is 0 Å². The van der Waals surface area contributed by atoms with Crippen molar-refractivity contribution in [3.8, 4) is 0 Å². The van der Waals surface area contributed by atoms with Crippen LogP contribution in [-0.4, -0.2) is 56.4 Å². The lowest BCUT2D eigenvalue weighted by molar-refractivity contribution is 0.631. The van der Waals surface area contributed by atoms with E-state index in [1.807, 2.05) is 36.5 Å². The molecule has 0 N–H and O–H groups in total. The molecule has 1 aliphatic heterocycles. The molecule has 4 heterocycles. The molecule has 5 rings (SSSR count). The second-order valence-corrected chi connectivity index (χ2v) is 6.02. The summed E-state index contributed by atoms with van der Waals surface area (Å²) in [6, 6.07) is 14.2. The molecule has 0 amide bonds. The quantitative estimate of drug-likeness (QED) is 0.549. The van der Waals surface area contributed by atoms with Gasteiger partial charge in [0.25, 0.3) is 0 Å². The number of hydrogen-bond acceptors (Lipinski definition) is 7. The van der Waals surface area contributed by atoms with E-state index < -0.39 is 0 Å². The monoisotopic (exact) mass is 332 g/mol. The number of fused-ring (bicyclic) bond motifs is 3. The Morgan fingerprint density at radius 3 is 2.36 bits per heavy atom. The summed E-state index contributed by atoms with van der Waals surface area (Å²) in [7, 11) is 0. The first-order chi connectivity index (χ1) is 12.4. The Kier molecular flexibility index (Phi) is 3.19. The van der Waals surface area contributed by atoms with Crippen molar-refractivity contribution in [3.05, 3.63) is 48.7 Å². The van der Waals surface area contributed by atoms with Crippen molar-refractivity contribution >= 4 is 28.1 Å². The Morgan fingerprint density at radius 2 is 1.56 bits per heavy atom. The molecule has 4 aromatic rings. The summed E-state index contributed by atoms with van der Waals surface area (Å²) in [5.41, 5.74) is 0.687. The van der Waals surface area contributed by atoms with Gasteiger partial charge in [-0.15, -0.1) is 14.8 Å². The lowest BCUT2D eigenvalue weighted by atomic mass is 10.1. The van der Waals surface area contributed by atoms with Crippen molar-refractivity contribution in [2.24, 2.45) is 0 Å². The summed E-state index contributed by atoms with van der Waals surface area (Å²) in [5, 5.41) is 18.6. The fourth-order valence-corrected chi connectivity index (χ4v) is 3.35. The zero-order valence-electron chi connectivity index (χ0n) is 13.5. The molecule has 8 nitrogen and oxygen atoms in total. The molecule has 1 aromatic carbocycles. The summed E-state index contributed by atoms with van der Waals surface area (Å²) >= 11 is 0. The van der Waals surface area contributed by atoms with Gasteiger partial charge in [-0.1, -0.05) is 30.3 Å². The average molecular weight is 332 g/mol. The Morgan fingerprint density at radius 1 is 0.800 bits per heavy atom. The van der Waals surface area contributed by atoms with Gasteiger partial charge in [-0.3, -0.25) is 0 Å². The molecule has 0 bridgehead atoms. The molecule has 0 aliphatic carbocycles. The third-order valence-corrected chi connectivity index (χ3v) is 4.60. The predicted octanol–water partition coefficient (Wildman–Crippen LogP) is 1.39. The van der Waals surface area contributed by atoms with E-state index in [0.717, 1.165) is 48.6 Å². The molecule has 0 radical (unpaired) electrons. The van der Waals surface area contributed by atoms with E-state index in [4.69, 9.17) is 0 Å². The van der Waals surface area contributed by atoms with Crippen molar-refractivity contribution in [2.75, 3.05) is 36.0 Å². The minimum absolute atomic E-state index is 0.687. The number of aromatic nitrogens is 6. The summed E-state index contributed by atoms with van der Waals surface area (Å²) in [5.74, 6) is 1.95. The highest BCUT2D eigenvalue weighted by atomic mass is 15.6.